The van der Waals surface area contributed by atoms with Crippen LogP contribution in [0, 0.1) is 6.92 Å². The second-order valence-corrected chi connectivity index (χ2v) is 6.45. The molecule has 3 rings (SSSR count). The SMILES string of the molecule is CC(=O)C1=C(C)C(C(=O)c2ccc(Cl)cc2)c2ccc(C)cc21. The van der Waals surface area contributed by atoms with E-state index in [2.05, 4.69) is 0 Å². The van der Waals surface area contributed by atoms with Crippen molar-refractivity contribution < 1.29 is 9.59 Å². The smallest absolute Gasteiger partial charge is 0.174 e. The summed E-state index contributed by atoms with van der Waals surface area (Å²) in [5.41, 5.74) is 5.00. The molecule has 0 saturated heterocycles. The first-order chi connectivity index (χ1) is 10.9. The fourth-order valence-electron chi connectivity index (χ4n) is 3.31. The summed E-state index contributed by atoms with van der Waals surface area (Å²) < 4.78 is 0. The summed E-state index contributed by atoms with van der Waals surface area (Å²) in [4.78, 5) is 25.1. The minimum Gasteiger partial charge on any atom is -0.294 e. The van der Waals surface area contributed by atoms with Crippen LogP contribution in [-0.4, -0.2) is 11.6 Å². The number of ketones is 2. The Labute approximate surface area is 140 Å². The van der Waals surface area contributed by atoms with Gasteiger partial charge in [-0.05, 0) is 61.7 Å². The zero-order chi connectivity index (χ0) is 16.7. The van der Waals surface area contributed by atoms with Crippen molar-refractivity contribution in [2.75, 3.05) is 0 Å². The number of Topliss-reactive ketones (excluding diaryl/α,β-unsaturated/α-hetero) is 2. The molecular weight excluding hydrogens is 308 g/mol. The maximum atomic E-state index is 13.0. The lowest BCUT2D eigenvalue weighted by atomic mass is 9.88. The number of aryl methyl sites for hydroxylation is 1. The number of carbonyl (C=O) groups excluding carboxylic acids is 2. The molecule has 3 heteroatoms. The van der Waals surface area contributed by atoms with Crippen molar-refractivity contribution in [2.45, 2.75) is 26.7 Å². The highest BCUT2D eigenvalue weighted by molar-refractivity contribution is 6.30. The molecule has 1 atom stereocenters. The predicted molar refractivity (Wildman–Crippen MR) is 93.0 cm³/mol. The van der Waals surface area contributed by atoms with Gasteiger partial charge in [0.1, 0.15) is 0 Å². The van der Waals surface area contributed by atoms with Gasteiger partial charge in [0.25, 0.3) is 0 Å². The molecule has 0 radical (unpaired) electrons. The Bertz CT molecular complexity index is 844. The third-order valence-electron chi connectivity index (χ3n) is 4.36. The topological polar surface area (TPSA) is 34.1 Å². The van der Waals surface area contributed by atoms with Crippen molar-refractivity contribution in [1.82, 2.24) is 0 Å². The summed E-state index contributed by atoms with van der Waals surface area (Å²) >= 11 is 5.90. The summed E-state index contributed by atoms with van der Waals surface area (Å²) in [5.74, 6) is -0.396. The highest BCUT2D eigenvalue weighted by Gasteiger charge is 2.35. The van der Waals surface area contributed by atoms with Crippen LogP contribution in [0.3, 0.4) is 0 Å². The van der Waals surface area contributed by atoms with Crippen LogP contribution in [0.2, 0.25) is 5.02 Å². The molecule has 0 N–H and O–H groups in total. The predicted octanol–water partition coefficient (Wildman–Crippen LogP) is 4.99. The van der Waals surface area contributed by atoms with Gasteiger partial charge in [0.2, 0.25) is 0 Å². The molecule has 2 aromatic carbocycles. The zero-order valence-electron chi connectivity index (χ0n) is 13.3. The number of carbonyl (C=O) groups is 2. The molecule has 0 aromatic heterocycles. The first-order valence-corrected chi connectivity index (χ1v) is 7.90. The maximum Gasteiger partial charge on any atom is 0.174 e. The van der Waals surface area contributed by atoms with Crippen LogP contribution in [0.5, 0.6) is 0 Å². The molecule has 0 saturated carbocycles. The van der Waals surface area contributed by atoms with Crippen LogP contribution in [0.15, 0.2) is 48.0 Å². The van der Waals surface area contributed by atoms with Crippen molar-refractivity contribution >= 4 is 28.7 Å². The van der Waals surface area contributed by atoms with Gasteiger partial charge in [0, 0.05) is 16.2 Å². The summed E-state index contributed by atoms with van der Waals surface area (Å²) in [6, 6.07) is 12.8. The Kier molecular flexibility index (Phi) is 3.95. The molecule has 23 heavy (non-hydrogen) atoms. The molecule has 2 aromatic rings. The highest BCUT2D eigenvalue weighted by Crippen LogP contribution is 2.44. The summed E-state index contributed by atoms with van der Waals surface area (Å²) in [6.07, 6.45) is 0. The van der Waals surface area contributed by atoms with Gasteiger partial charge in [-0.3, -0.25) is 9.59 Å². The summed E-state index contributed by atoms with van der Waals surface area (Å²) in [5, 5.41) is 0.598. The molecule has 116 valence electrons. The van der Waals surface area contributed by atoms with Crippen LogP contribution >= 0.6 is 11.6 Å². The fraction of sp³-hybridized carbons (Fsp3) is 0.200. The minimum atomic E-state index is -0.398. The number of hydrogen-bond donors (Lipinski definition) is 0. The number of rotatable bonds is 3. The van der Waals surface area contributed by atoms with Gasteiger partial charge < -0.3 is 0 Å². The van der Waals surface area contributed by atoms with E-state index in [1.54, 1.807) is 31.2 Å². The van der Waals surface area contributed by atoms with E-state index in [9.17, 15) is 9.59 Å². The molecule has 2 nitrogen and oxygen atoms in total. The van der Waals surface area contributed by atoms with Gasteiger partial charge in [-0.1, -0.05) is 35.4 Å². The number of allylic oxidation sites excluding steroid dienone is 2. The van der Waals surface area contributed by atoms with E-state index in [0.717, 1.165) is 22.3 Å². The standard InChI is InChI=1S/C20H17ClO2/c1-11-4-9-16-17(10-11)18(13(3)22)12(2)19(16)20(23)14-5-7-15(21)8-6-14/h4-10,19H,1-3H3. The van der Waals surface area contributed by atoms with Gasteiger partial charge >= 0.3 is 0 Å². The van der Waals surface area contributed by atoms with Crippen molar-refractivity contribution in [2.24, 2.45) is 0 Å². The van der Waals surface area contributed by atoms with E-state index in [0.29, 0.717) is 16.2 Å². The Hall–Kier alpha value is -2.19. The van der Waals surface area contributed by atoms with E-state index in [1.807, 2.05) is 32.0 Å². The van der Waals surface area contributed by atoms with Gasteiger partial charge in [-0.2, -0.15) is 0 Å². The molecule has 1 aliphatic rings. The first-order valence-electron chi connectivity index (χ1n) is 7.52. The third-order valence-corrected chi connectivity index (χ3v) is 4.61. The fourth-order valence-corrected chi connectivity index (χ4v) is 3.44. The van der Waals surface area contributed by atoms with E-state index >= 15 is 0 Å². The monoisotopic (exact) mass is 324 g/mol. The van der Waals surface area contributed by atoms with Gasteiger partial charge in [-0.25, -0.2) is 0 Å². The van der Waals surface area contributed by atoms with Crippen LogP contribution in [0.1, 0.15) is 46.8 Å². The number of fused-ring (bicyclic) bond motifs is 1. The van der Waals surface area contributed by atoms with E-state index < -0.39 is 5.92 Å². The van der Waals surface area contributed by atoms with Crippen molar-refractivity contribution in [1.29, 1.82) is 0 Å². The Morgan fingerprint density at radius 2 is 1.65 bits per heavy atom. The Balaban J connectivity index is 2.14. The molecule has 0 amide bonds. The lowest BCUT2D eigenvalue weighted by Gasteiger charge is -2.13. The Morgan fingerprint density at radius 1 is 1.00 bits per heavy atom. The van der Waals surface area contributed by atoms with Crippen molar-refractivity contribution in [3.05, 3.63) is 75.3 Å². The van der Waals surface area contributed by atoms with Crippen LogP contribution in [-0.2, 0) is 4.79 Å². The van der Waals surface area contributed by atoms with Crippen LogP contribution in [0.25, 0.3) is 5.57 Å². The number of benzene rings is 2. The molecule has 0 fully saturated rings. The maximum absolute atomic E-state index is 13.0. The summed E-state index contributed by atoms with van der Waals surface area (Å²) in [6.45, 7) is 5.42. The Morgan fingerprint density at radius 3 is 2.26 bits per heavy atom. The van der Waals surface area contributed by atoms with E-state index in [-0.39, 0.29) is 11.6 Å². The number of halogens is 1. The number of hydrogen-bond acceptors (Lipinski definition) is 2. The van der Waals surface area contributed by atoms with E-state index in [4.69, 9.17) is 11.6 Å². The lowest BCUT2D eigenvalue weighted by Crippen LogP contribution is -2.12. The van der Waals surface area contributed by atoms with Crippen LogP contribution < -0.4 is 0 Å². The quantitative estimate of drug-likeness (QED) is 0.745. The zero-order valence-corrected chi connectivity index (χ0v) is 14.1. The lowest BCUT2D eigenvalue weighted by molar-refractivity contribution is -0.111. The molecule has 0 bridgehead atoms. The molecule has 0 spiro atoms. The molecule has 0 aliphatic heterocycles. The highest BCUT2D eigenvalue weighted by atomic mass is 35.5. The second-order valence-electron chi connectivity index (χ2n) is 6.01. The molecule has 1 aliphatic carbocycles. The van der Waals surface area contributed by atoms with E-state index in [1.165, 1.54) is 0 Å². The second kappa shape index (κ2) is 5.78. The minimum absolute atomic E-state index is 0.000481. The van der Waals surface area contributed by atoms with Gasteiger partial charge in [-0.15, -0.1) is 0 Å². The molecule has 0 heterocycles. The van der Waals surface area contributed by atoms with Gasteiger partial charge in [0.15, 0.2) is 11.6 Å². The molecule has 1 unspecified atom stereocenters. The largest absolute Gasteiger partial charge is 0.294 e. The normalized spacial score (nSPS) is 16.4. The average Bonchev–Trinajstić information content (AvgIpc) is 2.78. The summed E-state index contributed by atoms with van der Waals surface area (Å²) in [7, 11) is 0. The van der Waals surface area contributed by atoms with Crippen LogP contribution in [0.4, 0.5) is 0 Å². The van der Waals surface area contributed by atoms with Gasteiger partial charge in [0.05, 0.1) is 5.92 Å². The first kappa shape index (κ1) is 15.7. The van der Waals surface area contributed by atoms with Crippen molar-refractivity contribution in [3.63, 3.8) is 0 Å². The average molecular weight is 325 g/mol. The molecular formula is C20H17ClO2. The third kappa shape index (κ3) is 2.64. The van der Waals surface area contributed by atoms with Crippen molar-refractivity contribution in [3.8, 4) is 0 Å².